The van der Waals surface area contributed by atoms with Crippen LogP contribution in [0.2, 0.25) is 0 Å². The summed E-state index contributed by atoms with van der Waals surface area (Å²) in [5.41, 5.74) is 0. The number of hydrogen-bond acceptors (Lipinski definition) is 4. The molecule has 0 radical (unpaired) electrons. The van der Waals surface area contributed by atoms with E-state index in [0.29, 0.717) is 25.9 Å². The molecule has 0 unspecified atom stereocenters. The lowest BCUT2D eigenvalue weighted by Crippen LogP contribution is -2.45. The van der Waals surface area contributed by atoms with E-state index in [1.54, 1.807) is 15.8 Å². The lowest BCUT2D eigenvalue weighted by molar-refractivity contribution is -0.137. The highest BCUT2D eigenvalue weighted by Crippen LogP contribution is 2.03. The summed E-state index contributed by atoms with van der Waals surface area (Å²) < 4.78 is 1.80. The zero-order valence-electron chi connectivity index (χ0n) is 12.7. The summed E-state index contributed by atoms with van der Waals surface area (Å²) in [4.78, 5) is 24.3. The summed E-state index contributed by atoms with van der Waals surface area (Å²) >= 11 is 0. The third kappa shape index (κ3) is 5.80. The molecule has 1 aromatic rings. The minimum absolute atomic E-state index is 0.0219. The number of carboxylic acid groups (broad SMARTS) is 1. The summed E-state index contributed by atoms with van der Waals surface area (Å²) in [5.74, 6) is -0.0429. The second-order valence-corrected chi connectivity index (χ2v) is 5.12. The fraction of sp³-hybridized carbons (Fsp3) is 0.692. The predicted octanol–water partition coefficient (Wildman–Crippen LogP) is 0.642. The lowest BCUT2D eigenvalue weighted by atomic mass is 10.2. The molecule has 8 nitrogen and oxygen atoms in total. The first-order valence-corrected chi connectivity index (χ1v) is 7.01. The summed E-state index contributed by atoms with van der Waals surface area (Å²) in [5, 5.41) is 19.2. The monoisotopic (exact) mass is 297 g/mol. The Kier molecular flexibility index (Phi) is 6.64. The molecule has 21 heavy (non-hydrogen) atoms. The third-order valence-electron chi connectivity index (χ3n) is 3.10. The van der Waals surface area contributed by atoms with Crippen molar-refractivity contribution in [1.29, 1.82) is 0 Å². The van der Waals surface area contributed by atoms with Crippen LogP contribution in [-0.2, 0) is 18.3 Å². The number of hydrogen-bond donors (Lipinski definition) is 2. The Morgan fingerprint density at radius 1 is 1.48 bits per heavy atom. The molecule has 0 aliphatic heterocycles. The van der Waals surface area contributed by atoms with Crippen LogP contribution in [0.1, 0.15) is 32.5 Å². The third-order valence-corrected chi connectivity index (χ3v) is 3.10. The minimum Gasteiger partial charge on any atom is -0.481 e. The van der Waals surface area contributed by atoms with E-state index in [4.69, 9.17) is 5.11 Å². The molecule has 1 aromatic heterocycles. The summed E-state index contributed by atoms with van der Waals surface area (Å²) in [6, 6.07) is -0.161. The first-order valence-electron chi connectivity index (χ1n) is 7.01. The Morgan fingerprint density at radius 2 is 2.19 bits per heavy atom. The van der Waals surface area contributed by atoms with Gasteiger partial charge in [-0.25, -0.2) is 4.79 Å². The highest BCUT2D eigenvalue weighted by Gasteiger charge is 2.16. The Bertz CT molecular complexity index is 472. The topological polar surface area (TPSA) is 100 Å². The van der Waals surface area contributed by atoms with Gasteiger partial charge in [0.2, 0.25) is 0 Å². The van der Waals surface area contributed by atoms with Crippen LogP contribution in [0.3, 0.4) is 0 Å². The van der Waals surface area contributed by atoms with Crippen molar-refractivity contribution in [3.05, 3.63) is 12.2 Å². The highest BCUT2D eigenvalue weighted by molar-refractivity contribution is 5.74. The minimum atomic E-state index is -0.846. The standard InChI is InChI=1S/C13H23N5O3/c1-10(2)18(8-4-5-12(19)20)13(21)14-7-6-11-16-15-9-17(11)3/h9-10H,4-8H2,1-3H3,(H,14,21)(H,19,20). The average molecular weight is 297 g/mol. The highest BCUT2D eigenvalue weighted by atomic mass is 16.4. The van der Waals surface area contributed by atoms with Crippen molar-refractivity contribution in [1.82, 2.24) is 25.0 Å². The number of amides is 2. The van der Waals surface area contributed by atoms with E-state index in [-0.39, 0.29) is 18.5 Å². The second kappa shape index (κ2) is 8.23. The van der Waals surface area contributed by atoms with Gasteiger partial charge >= 0.3 is 12.0 Å². The van der Waals surface area contributed by atoms with E-state index in [0.717, 1.165) is 5.82 Å². The maximum absolute atomic E-state index is 12.1. The van der Waals surface area contributed by atoms with Crippen molar-refractivity contribution >= 4 is 12.0 Å². The quantitative estimate of drug-likeness (QED) is 0.733. The van der Waals surface area contributed by atoms with Gasteiger partial charge in [0.15, 0.2) is 0 Å². The predicted molar refractivity (Wildman–Crippen MR) is 76.8 cm³/mol. The Morgan fingerprint density at radius 3 is 2.71 bits per heavy atom. The number of aromatic nitrogens is 3. The molecule has 118 valence electrons. The molecule has 0 aliphatic rings. The van der Waals surface area contributed by atoms with Crippen LogP contribution >= 0.6 is 0 Å². The van der Waals surface area contributed by atoms with E-state index in [2.05, 4.69) is 15.5 Å². The molecular weight excluding hydrogens is 274 g/mol. The molecule has 0 saturated carbocycles. The summed E-state index contributed by atoms with van der Waals surface area (Å²) in [7, 11) is 1.85. The molecular formula is C13H23N5O3. The second-order valence-electron chi connectivity index (χ2n) is 5.12. The van der Waals surface area contributed by atoms with Crippen molar-refractivity contribution in [3.63, 3.8) is 0 Å². The molecule has 0 aliphatic carbocycles. The molecule has 0 fully saturated rings. The van der Waals surface area contributed by atoms with Gasteiger partial charge in [0.05, 0.1) is 0 Å². The van der Waals surface area contributed by atoms with Crippen LogP contribution in [-0.4, -0.2) is 55.9 Å². The first kappa shape index (κ1) is 16.9. The van der Waals surface area contributed by atoms with Gasteiger partial charge in [0.25, 0.3) is 0 Å². The smallest absolute Gasteiger partial charge is 0.317 e. The number of nitrogens with one attached hydrogen (secondary N) is 1. The maximum Gasteiger partial charge on any atom is 0.317 e. The van der Waals surface area contributed by atoms with E-state index in [9.17, 15) is 9.59 Å². The largest absolute Gasteiger partial charge is 0.481 e. The molecule has 2 amide bonds. The summed E-state index contributed by atoms with van der Waals surface area (Å²) in [6.07, 6.45) is 2.73. The number of carboxylic acids is 1. The lowest BCUT2D eigenvalue weighted by Gasteiger charge is -2.26. The fourth-order valence-electron chi connectivity index (χ4n) is 1.91. The molecule has 0 saturated heterocycles. The number of nitrogens with zero attached hydrogens (tertiary/aromatic N) is 4. The van der Waals surface area contributed by atoms with Gasteiger partial charge < -0.3 is 19.9 Å². The zero-order chi connectivity index (χ0) is 15.8. The molecule has 0 bridgehead atoms. The molecule has 0 atom stereocenters. The number of carbonyl (C=O) groups excluding carboxylic acids is 1. The van der Waals surface area contributed by atoms with Gasteiger partial charge in [-0.15, -0.1) is 10.2 Å². The van der Waals surface area contributed by atoms with Gasteiger partial charge in [0, 0.05) is 39.0 Å². The van der Waals surface area contributed by atoms with Crippen LogP contribution in [0, 0.1) is 0 Å². The van der Waals surface area contributed by atoms with Crippen LogP contribution < -0.4 is 5.32 Å². The molecule has 1 heterocycles. The SMILES string of the molecule is CC(C)N(CCCC(=O)O)C(=O)NCCc1nncn1C. The van der Waals surface area contributed by atoms with Gasteiger partial charge in [-0.05, 0) is 20.3 Å². The maximum atomic E-state index is 12.1. The van der Waals surface area contributed by atoms with Crippen LogP contribution in [0.5, 0.6) is 0 Å². The van der Waals surface area contributed by atoms with Crippen molar-refractivity contribution in [2.24, 2.45) is 7.05 Å². The fourth-order valence-corrected chi connectivity index (χ4v) is 1.91. The number of aryl methyl sites for hydroxylation is 1. The first-order chi connectivity index (χ1) is 9.91. The Hall–Kier alpha value is -2.12. The van der Waals surface area contributed by atoms with Crippen molar-refractivity contribution in [2.45, 2.75) is 39.2 Å². The van der Waals surface area contributed by atoms with Crippen molar-refractivity contribution < 1.29 is 14.7 Å². The van der Waals surface area contributed by atoms with Crippen LogP contribution in [0.25, 0.3) is 0 Å². The van der Waals surface area contributed by atoms with E-state index in [1.807, 2.05) is 20.9 Å². The molecule has 0 spiro atoms. The Balaban J connectivity index is 2.38. The molecule has 8 heteroatoms. The van der Waals surface area contributed by atoms with Gasteiger partial charge in [-0.3, -0.25) is 4.79 Å². The normalized spacial score (nSPS) is 10.7. The van der Waals surface area contributed by atoms with Crippen LogP contribution in [0.4, 0.5) is 4.79 Å². The van der Waals surface area contributed by atoms with E-state index in [1.165, 1.54) is 0 Å². The number of carbonyl (C=O) groups is 2. The number of aliphatic carboxylic acids is 1. The van der Waals surface area contributed by atoms with E-state index < -0.39 is 5.97 Å². The van der Waals surface area contributed by atoms with Crippen LogP contribution in [0.15, 0.2) is 6.33 Å². The number of urea groups is 1. The number of rotatable bonds is 8. The molecule has 0 aromatic carbocycles. The van der Waals surface area contributed by atoms with Crippen molar-refractivity contribution in [3.8, 4) is 0 Å². The summed E-state index contributed by atoms with van der Waals surface area (Å²) in [6.45, 7) is 4.71. The molecule has 1 rings (SSSR count). The van der Waals surface area contributed by atoms with E-state index >= 15 is 0 Å². The zero-order valence-corrected chi connectivity index (χ0v) is 12.7. The van der Waals surface area contributed by atoms with Gasteiger partial charge in [-0.2, -0.15) is 0 Å². The Labute approximate surface area is 124 Å². The average Bonchev–Trinajstić information content (AvgIpc) is 2.79. The molecule has 2 N–H and O–H groups in total. The van der Waals surface area contributed by atoms with Crippen molar-refractivity contribution in [2.75, 3.05) is 13.1 Å². The van der Waals surface area contributed by atoms with Gasteiger partial charge in [0.1, 0.15) is 12.2 Å². The van der Waals surface area contributed by atoms with Gasteiger partial charge in [-0.1, -0.05) is 0 Å².